The fraction of sp³-hybridized carbons (Fsp3) is 0.133. The molecule has 0 spiro atoms. The average molecular weight is 273 g/mol. The molecule has 0 saturated carbocycles. The smallest absolute Gasteiger partial charge is 0.218 e. The standard InChI is InChI=1S/C15H13ClN2O/c1-19-15-12(5-3-8-17-15)10-18-9-7-11-4-2-6-13(16)14(11)18/h2-9H,10H2,1H3. The zero-order valence-corrected chi connectivity index (χ0v) is 11.3. The summed E-state index contributed by atoms with van der Waals surface area (Å²) < 4.78 is 7.39. The first-order valence-corrected chi connectivity index (χ1v) is 6.38. The van der Waals surface area contributed by atoms with Crippen molar-refractivity contribution in [3.63, 3.8) is 0 Å². The molecule has 0 N–H and O–H groups in total. The van der Waals surface area contributed by atoms with Gasteiger partial charge in [0.05, 0.1) is 24.2 Å². The van der Waals surface area contributed by atoms with Crippen LogP contribution in [0.25, 0.3) is 10.9 Å². The number of fused-ring (bicyclic) bond motifs is 1. The average Bonchev–Trinajstić information content (AvgIpc) is 2.84. The zero-order chi connectivity index (χ0) is 13.2. The largest absolute Gasteiger partial charge is 0.481 e. The first-order valence-electron chi connectivity index (χ1n) is 6.01. The fourth-order valence-corrected chi connectivity index (χ4v) is 2.55. The highest BCUT2D eigenvalue weighted by Crippen LogP contribution is 2.26. The summed E-state index contributed by atoms with van der Waals surface area (Å²) in [5.41, 5.74) is 2.07. The summed E-state index contributed by atoms with van der Waals surface area (Å²) in [6, 6.07) is 11.9. The molecule has 4 heteroatoms. The predicted molar refractivity (Wildman–Crippen MR) is 76.8 cm³/mol. The molecule has 19 heavy (non-hydrogen) atoms. The summed E-state index contributed by atoms with van der Waals surface area (Å²) in [6.07, 6.45) is 3.76. The van der Waals surface area contributed by atoms with Crippen molar-refractivity contribution in [3.8, 4) is 5.88 Å². The van der Waals surface area contributed by atoms with Gasteiger partial charge in [0.1, 0.15) is 0 Å². The molecule has 0 unspecified atom stereocenters. The maximum absolute atomic E-state index is 6.28. The minimum atomic E-state index is 0.649. The van der Waals surface area contributed by atoms with Crippen LogP contribution in [0.1, 0.15) is 5.56 Å². The SMILES string of the molecule is COc1ncccc1Cn1ccc2cccc(Cl)c21. The number of pyridine rings is 1. The topological polar surface area (TPSA) is 27.1 Å². The van der Waals surface area contributed by atoms with E-state index in [0.29, 0.717) is 12.4 Å². The van der Waals surface area contributed by atoms with Gasteiger partial charge in [-0.3, -0.25) is 0 Å². The number of aromatic nitrogens is 2. The van der Waals surface area contributed by atoms with Gasteiger partial charge in [0.2, 0.25) is 5.88 Å². The molecule has 0 atom stereocenters. The van der Waals surface area contributed by atoms with Gasteiger partial charge >= 0.3 is 0 Å². The van der Waals surface area contributed by atoms with Crippen LogP contribution in [0.3, 0.4) is 0 Å². The minimum Gasteiger partial charge on any atom is -0.481 e. The number of halogens is 1. The van der Waals surface area contributed by atoms with E-state index in [1.54, 1.807) is 13.3 Å². The van der Waals surface area contributed by atoms with E-state index < -0.39 is 0 Å². The highest BCUT2D eigenvalue weighted by Gasteiger charge is 2.08. The molecular formula is C15H13ClN2O. The van der Waals surface area contributed by atoms with E-state index in [1.165, 1.54) is 0 Å². The summed E-state index contributed by atoms with van der Waals surface area (Å²) in [5, 5.41) is 1.89. The number of rotatable bonds is 3. The second-order valence-corrected chi connectivity index (χ2v) is 4.70. The normalized spacial score (nSPS) is 10.8. The Bertz CT molecular complexity index is 721. The van der Waals surface area contributed by atoms with Crippen LogP contribution in [0.4, 0.5) is 0 Å². The van der Waals surface area contributed by atoms with Crippen LogP contribution in [0.15, 0.2) is 48.8 Å². The van der Waals surface area contributed by atoms with Crippen molar-refractivity contribution in [2.45, 2.75) is 6.54 Å². The van der Waals surface area contributed by atoms with Crippen LogP contribution in [-0.2, 0) is 6.54 Å². The minimum absolute atomic E-state index is 0.649. The molecule has 96 valence electrons. The van der Waals surface area contributed by atoms with Crippen molar-refractivity contribution in [2.75, 3.05) is 7.11 Å². The Balaban J connectivity index is 2.06. The summed E-state index contributed by atoms with van der Waals surface area (Å²) in [4.78, 5) is 4.21. The van der Waals surface area contributed by atoms with Gasteiger partial charge in [0, 0.05) is 23.3 Å². The van der Waals surface area contributed by atoms with Gasteiger partial charge in [0.15, 0.2) is 0 Å². The molecular weight excluding hydrogens is 260 g/mol. The van der Waals surface area contributed by atoms with Crippen molar-refractivity contribution in [1.82, 2.24) is 9.55 Å². The Morgan fingerprint density at radius 1 is 1.21 bits per heavy atom. The zero-order valence-electron chi connectivity index (χ0n) is 10.5. The van der Waals surface area contributed by atoms with Crippen molar-refractivity contribution < 1.29 is 4.74 Å². The summed E-state index contributed by atoms with van der Waals surface area (Å²) in [7, 11) is 1.63. The van der Waals surface area contributed by atoms with Crippen LogP contribution in [0.2, 0.25) is 5.02 Å². The lowest BCUT2D eigenvalue weighted by Gasteiger charge is -2.09. The van der Waals surface area contributed by atoms with Crippen LogP contribution < -0.4 is 4.74 Å². The lowest BCUT2D eigenvalue weighted by Crippen LogP contribution is -2.01. The molecule has 0 aliphatic heterocycles. The maximum Gasteiger partial charge on any atom is 0.218 e. The van der Waals surface area contributed by atoms with E-state index in [2.05, 4.69) is 21.7 Å². The van der Waals surface area contributed by atoms with Gasteiger partial charge in [0.25, 0.3) is 0 Å². The summed E-state index contributed by atoms with van der Waals surface area (Å²) >= 11 is 6.28. The molecule has 0 radical (unpaired) electrons. The lowest BCUT2D eigenvalue weighted by atomic mass is 10.2. The second-order valence-electron chi connectivity index (χ2n) is 4.29. The Morgan fingerprint density at radius 3 is 2.95 bits per heavy atom. The second kappa shape index (κ2) is 4.94. The summed E-state index contributed by atoms with van der Waals surface area (Å²) in [6.45, 7) is 0.685. The van der Waals surface area contributed by atoms with Crippen molar-refractivity contribution in [3.05, 3.63) is 59.4 Å². The molecule has 0 amide bonds. The van der Waals surface area contributed by atoms with E-state index in [0.717, 1.165) is 21.5 Å². The molecule has 1 aromatic carbocycles. The molecule has 2 aromatic heterocycles. The van der Waals surface area contributed by atoms with Crippen LogP contribution in [-0.4, -0.2) is 16.7 Å². The number of hydrogen-bond donors (Lipinski definition) is 0. The first-order chi connectivity index (χ1) is 9.29. The molecule has 3 nitrogen and oxygen atoms in total. The molecule has 0 aliphatic carbocycles. The van der Waals surface area contributed by atoms with Crippen LogP contribution in [0, 0.1) is 0 Å². The van der Waals surface area contributed by atoms with Gasteiger partial charge in [-0.25, -0.2) is 4.98 Å². The number of para-hydroxylation sites is 1. The molecule has 3 aromatic rings. The van der Waals surface area contributed by atoms with Crippen molar-refractivity contribution in [2.24, 2.45) is 0 Å². The van der Waals surface area contributed by atoms with Crippen molar-refractivity contribution >= 4 is 22.5 Å². The molecule has 3 rings (SSSR count). The van der Waals surface area contributed by atoms with E-state index in [4.69, 9.17) is 16.3 Å². The molecule has 0 bridgehead atoms. The Morgan fingerprint density at radius 2 is 2.11 bits per heavy atom. The van der Waals surface area contributed by atoms with Gasteiger partial charge in [-0.1, -0.05) is 29.8 Å². The maximum atomic E-state index is 6.28. The molecule has 0 aliphatic rings. The van der Waals surface area contributed by atoms with Gasteiger partial charge in [-0.2, -0.15) is 0 Å². The third-order valence-electron chi connectivity index (χ3n) is 3.12. The van der Waals surface area contributed by atoms with Crippen LogP contribution >= 0.6 is 11.6 Å². The third-order valence-corrected chi connectivity index (χ3v) is 3.43. The quantitative estimate of drug-likeness (QED) is 0.726. The van der Waals surface area contributed by atoms with Gasteiger partial charge in [-0.05, 0) is 18.2 Å². The predicted octanol–water partition coefficient (Wildman–Crippen LogP) is 3.75. The molecule has 0 saturated heterocycles. The van der Waals surface area contributed by atoms with Gasteiger partial charge in [-0.15, -0.1) is 0 Å². The van der Waals surface area contributed by atoms with Crippen LogP contribution in [0.5, 0.6) is 5.88 Å². The van der Waals surface area contributed by atoms with Crippen molar-refractivity contribution in [1.29, 1.82) is 0 Å². The Labute approximate surface area is 116 Å². The molecule has 0 fully saturated rings. The number of methoxy groups -OCH3 is 1. The lowest BCUT2D eigenvalue weighted by molar-refractivity contribution is 0.391. The molecule has 2 heterocycles. The number of nitrogens with zero attached hydrogens (tertiary/aromatic N) is 2. The van der Waals surface area contributed by atoms with E-state index >= 15 is 0 Å². The van der Waals surface area contributed by atoms with Gasteiger partial charge < -0.3 is 9.30 Å². The highest BCUT2D eigenvalue weighted by atomic mass is 35.5. The number of ether oxygens (including phenoxy) is 1. The van der Waals surface area contributed by atoms with E-state index in [1.807, 2.05) is 30.5 Å². The Hall–Kier alpha value is -2.00. The Kier molecular flexibility index (Phi) is 3.13. The first kappa shape index (κ1) is 12.1. The van der Waals surface area contributed by atoms with E-state index in [-0.39, 0.29) is 0 Å². The fourth-order valence-electron chi connectivity index (χ4n) is 2.26. The van der Waals surface area contributed by atoms with E-state index in [9.17, 15) is 0 Å². The monoisotopic (exact) mass is 272 g/mol. The number of hydrogen-bond acceptors (Lipinski definition) is 2. The highest BCUT2D eigenvalue weighted by molar-refractivity contribution is 6.35. The third kappa shape index (κ3) is 2.17. The number of benzene rings is 1. The summed E-state index contributed by atoms with van der Waals surface area (Å²) in [5.74, 6) is 0.649.